The molecule has 0 aliphatic heterocycles. The van der Waals surface area contributed by atoms with Crippen LogP contribution in [0.3, 0.4) is 0 Å². The minimum atomic E-state index is -0.149. The number of aryl methyl sites for hydroxylation is 1. The van der Waals surface area contributed by atoms with E-state index in [-0.39, 0.29) is 12.5 Å². The van der Waals surface area contributed by atoms with E-state index in [0.717, 1.165) is 22.0 Å². The van der Waals surface area contributed by atoms with Crippen molar-refractivity contribution in [2.45, 2.75) is 20.0 Å². The Kier molecular flexibility index (Phi) is 3.93. The zero-order valence-corrected chi connectivity index (χ0v) is 12.3. The molecule has 0 aliphatic carbocycles. The maximum atomic E-state index is 12.2. The Hall–Kier alpha value is -2.60. The normalized spacial score (nSPS) is 11.0. The SMILES string of the molecule is Cc1ccc2cc(C(=O)NCc3cnn(CCO)c3)[nH]c2c1. The fraction of sp³-hybridized carbons (Fsp3) is 0.250. The van der Waals surface area contributed by atoms with Gasteiger partial charge in [-0.1, -0.05) is 12.1 Å². The molecule has 0 saturated carbocycles. The largest absolute Gasteiger partial charge is 0.394 e. The Balaban J connectivity index is 1.67. The van der Waals surface area contributed by atoms with Crippen molar-refractivity contribution < 1.29 is 9.90 Å². The topological polar surface area (TPSA) is 82.9 Å². The first kappa shape index (κ1) is 14.3. The van der Waals surface area contributed by atoms with Crippen molar-refractivity contribution in [1.29, 1.82) is 0 Å². The lowest BCUT2D eigenvalue weighted by Gasteiger charge is -2.01. The van der Waals surface area contributed by atoms with E-state index in [1.807, 2.05) is 37.4 Å². The Morgan fingerprint density at radius 3 is 3.09 bits per heavy atom. The van der Waals surface area contributed by atoms with Crippen LogP contribution in [0.15, 0.2) is 36.7 Å². The van der Waals surface area contributed by atoms with Gasteiger partial charge in [0.25, 0.3) is 5.91 Å². The van der Waals surface area contributed by atoms with Crippen molar-refractivity contribution in [1.82, 2.24) is 20.1 Å². The summed E-state index contributed by atoms with van der Waals surface area (Å²) < 4.78 is 1.65. The molecule has 1 amide bonds. The number of hydrogen-bond donors (Lipinski definition) is 3. The number of aromatic amines is 1. The van der Waals surface area contributed by atoms with E-state index in [2.05, 4.69) is 15.4 Å². The van der Waals surface area contributed by atoms with E-state index in [1.54, 1.807) is 10.9 Å². The van der Waals surface area contributed by atoms with Crippen molar-refractivity contribution >= 4 is 16.8 Å². The highest BCUT2D eigenvalue weighted by molar-refractivity contribution is 5.98. The Morgan fingerprint density at radius 2 is 2.27 bits per heavy atom. The van der Waals surface area contributed by atoms with Crippen LogP contribution in [0.5, 0.6) is 0 Å². The smallest absolute Gasteiger partial charge is 0.267 e. The van der Waals surface area contributed by atoms with Gasteiger partial charge >= 0.3 is 0 Å². The van der Waals surface area contributed by atoms with Crippen LogP contribution in [-0.4, -0.2) is 32.4 Å². The van der Waals surface area contributed by atoms with Crippen LogP contribution in [0.2, 0.25) is 0 Å². The molecule has 3 aromatic rings. The molecule has 6 nitrogen and oxygen atoms in total. The van der Waals surface area contributed by atoms with Crippen LogP contribution in [0, 0.1) is 6.92 Å². The summed E-state index contributed by atoms with van der Waals surface area (Å²) in [5, 5.41) is 16.8. The minimum Gasteiger partial charge on any atom is -0.394 e. The molecule has 114 valence electrons. The molecule has 0 radical (unpaired) electrons. The molecule has 0 fully saturated rings. The lowest BCUT2D eigenvalue weighted by molar-refractivity contribution is 0.0946. The second-order valence-corrected chi connectivity index (χ2v) is 5.29. The number of fused-ring (bicyclic) bond motifs is 1. The van der Waals surface area contributed by atoms with Gasteiger partial charge in [-0.15, -0.1) is 0 Å². The number of carbonyl (C=O) groups is 1. The summed E-state index contributed by atoms with van der Waals surface area (Å²) in [7, 11) is 0. The molecule has 0 aliphatic rings. The Labute approximate surface area is 127 Å². The summed E-state index contributed by atoms with van der Waals surface area (Å²) in [5.41, 5.74) is 3.55. The molecule has 1 aromatic carbocycles. The summed E-state index contributed by atoms with van der Waals surface area (Å²) in [6.45, 7) is 2.92. The lowest BCUT2D eigenvalue weighted by atomic mass is 10.2. The van der Waals surface area contributed by atoms with E-state index >= 15 is 0 Å². The molecular formula is C16H18N4O2. The number of aliphatic hydroxyl groups is 1. The number of aliphatic hydroxyl groups excluding tert-OH is 1. The average Bonchev–Trinajstić information content (AvgIpc) is 3.11. The number of nitrogens with zero attached hydrogens (tertiary/aromatic N) is 2. The van der Waals surface area contributed by atoms with Crippen molar-refractivity contribution in [2.75, 3.05) is 6.61 Å². The fourth-order valence-corrected chi connectivity index (χ4v) is 2.36. The molecule has 0 saturated heterocycles. The van der Waals surface area contributed by atoms with Crippen LogP contribution < -0.4 is 5.32 Å². The first-order valence-corrected chi connectivity index (χ1v) is 7.15. The van der Waals surface area contributed by atoms with Gasteiger partial charge in [-0.3, -0.25) is 9.48 Å². The minimum absolute atomic E-state index is 0.0436. The zero-order valence-electron chi connectivity index (χ0n) is 12.3. The first-order valence-electron chi connectivity index (χ1n) is 7.15. The lowest BCUT2D eigenvalue weighted by Crippen LogP contribution is -2.22. The van der Waals surface area contributed by atoms with Gasteiger partial charge in [-0.2, -0.15) is 5.10 Å². The van der Waals surface area contributed by atoms with E-state index in [9.17, 15) is 4.79 Å². The van der Waals surface area contributed by atoms with Gasteiger partial charge in [0.2, 0.25) is 0 Å². The first-order chi connectivity index (χ1) is 10.7. The predicted molar refractivity (Wildman–Crippen MR) is 83.5 cm³/mol. The highest BCUT2D eigenvalue weighted by Crippen LogP contribution is 2.16. The highest BCUT2D eigenvalue weighted by Gasteiger charge is 2.09. The van der Waals surface area contributed by atoms with Crippen LogP contribution in [-0.2, 0) is 13.1 Å². The van der Waals surface area contributed by atoms with Gasteiger partial charge in [-0.05, 0) is 24.6 Å². The number of nitrogens with one attached hydrogen (secondary N) is 2. The van der Waals surface area contributed by atoms with Crippen molar-refractivity contribution in [3.8, 4) is 0 Å². The van der Waals surface area contributed by atoms with Crippen LogP contribution in [0.25, 0.3) is 10.9 Å². The molecule has 2 aromatic heterocycles. The second kappa shape index (κ2) is 6.03. The molecular weight excluding hydrogens is 280 g/mol. The van der Waals surface area contributed by atoms with E-state index in [4.69, 9.17) is 5.11 Å². The molecule has 0 atom stereocenters. The third-order valence-electron chi connectivity index (χ3n) is 3.49. The Morgan fingerprint density at radius 1 is 1.41 bits per heavy atom. The number of aromatic nitrogens is 3. The summed E-state index contributed by atoms with van der Waals surface area (Å²) >= 11 is 0. The molecule has 0 spiro atoms. The molecule has 0 unspecified atom stereocenters. The van der Waals surface area contributed by atoms with Gasteiger partial charge in [0, 0.05) is 29.2 Å². The zero-order chi connectivity index (χ0) is 15.5. The van der Waals surface area contributed by atoms with Gasteiger partial charge in [-0.25, -0.2) is 0 Å². The van der Waals surface area contributed by atoms with Crippen molar-refractivity contribution in [3.05, 3.63) is 53.5 Å². The Bertz CT molecular complexity index is 803. The summed E-state index contributed by atoms with van der Waals surface area (Å²) in [4.78, 5) is 15.3. The van der Waals surface area contributed by atoms with Crippen LogP contribution >= 0.6 is 0 Å². The van der Waals surface area contributed by atoms with E-state index < -0.39 is 0 Å². The quantitative estimate of drug-likeness (QED) is 0.669. The number of amides is 1. The monoisotopic (exact) mass is 298 g/mol. The molecule has 3 N–H and O–H groups in total. The summed E-state index contributed by atoms with van der Waals surface area (Å²) in [6, 6.07) is 7.88. The summed E-state index contributed by atoms with van der Waals surface area (Å²) in [5.74, 6) is -0.149. The maximum absolute atomic E-state index is 12.2. The van der Waals surface area contributed by atoms with Crippen LogP contribution in [0.4, 0.5) is 0 Å². The van der Waals surface area contributed by atoms with Gasteiger partial charge < -0.3 is 15.4 Å². The third kappa shape index (κ3) is 3.01. The number of benzene rings is 1. The number of rotatable bonds is 5. The maximum Gasteiger partial charge on any atom is 0.267 e. The number of carbonyl (C=O) groups excluding carboxylic acids is 1. The number of H-pyrrole nitrogens is 1. The van der Waals surface area contributed by atoms with Gasteiger partial charge in [0.15, 0.2) is 0 Å². The average molecular weight is 298 g/mol. The van der Waals surface area contributed by atoms with Crippen LogP contribution in [0.1, 0.15) is 21.6 Å². The third-order valence-corrected chi connectivity index (χ3v) is 3.49. The fourth-order valence-electron chi connectivity index (χ4n) is 2.36. The van der Waals surface area contributed by atoms with Crippen molar-refractivity contribution in [3.63, 3.8) is 0 Å². The van der Waals surface area contributed by atoms with Crippen molar-refractivity contribution in [2.24, 2.45) is 0 Å². The van der Waals surface area contributed by atoms with E-state index in [1.165, 1.54) is 0 Å². The molecule has 6 heteroatoms. The van der Waals surface area contributed by atoms with Gasteiger partial charge in [0.05, 0.1) is 19.3 Å². The van der Waals surface area contributed by atoms with Gasteiger partial charge in [0.1, 0.15) is 5.69 Å². The standard InChI is InChI=1S/C16H18N4O2/c1-11-2-3-13-7-15(19-14(13)6-11)16(22)17-8-12-9-18-20(10-12)4-5-21/h2-3,6-7,9-10,19,21H,4-5,8H2,1H3,(H,17,22). The van der Waals surface area contributed by atoms with E-state index in [0.29, 0.717) is 18.8 Å². The summed E-state index contributed by atoms with van der Waals surface area (Å²) in [6.07, 6.45) is 3.50. The predicted octanol–water partition coefficient (Wildman–Crippen LogP) is 1.60. The molecule has 22 heavy (non-hydrogen) atoms. The highest BCUT2D eigenvalue weighted by atomic mass is 16.3. The molecule has 2 heterocycles. The second-order valence-electron chi connectivity index (χ2n) is 5.29. The molecule has 0 bridgehead atoms. The molecule has 3 rings (SSSR count). The number of hydrogen-bond acceptors (Lipinski definition) is 3.